The highest BCUT2D eigenvalue weighted by Crippen LogP contribution is 2.77. The molecule has 0 bridgehead atoms. The Morgan fingerprint density at radius 3 is 2.21 bits per heavy atom. The van der Waals surface area contributed by atoms with Gasteiger partial charge in [-0.15, -0.1) is 0 Å². The number of rotatable bonds is 2. The maximum absolute atomic E-state index is 14.8. The van der Waals surface area contributed by atoms with Crippen LogP contribution in [-0.2, 0) is 14.3 Å². The molecule has 0 heterocycles. The van der Waals surface area contributed by atoms with Gasteiger partial charge in [0.2, 0.25) is 0 Å². The number of nitrogens with zero attached hydrogens (tertiary/aromatic N) is 1. The monoisotopic (exact) mass is 590 g/mol. The van der Waals surface area contributed by atoms with E-state index in [0.717, 1.165) is 50.5 Å². The number of alkyl carbamates (subject to hydrolysis) is 1. The Bertz CT molecular complexity index is 1370. The van der Waals surface area contributed by atoms with Gasteiger partial charge in [0, 0.05) is 23.3 Å². The zero-order valence-electron chi connectivity index (χ0n) is 28.5. The molecule has 0 aromatic rings. The predicted octanol–water partition coefficient (Wildman–Crippen LogP) is 8.12. The average molecular weight is 591 g/mol. The van der Waals surface area contributed by atoms with E-state index in [9.17, 15) is 19.6 Å². The zero-order valence-corrected chi connectivity index (χ0v) is 28.5. The Hall–Kier alpha value is -2.42. The molecule has 5 aliphatic carbocycles. The number of Topliss-reactive ketones (excluding diaryl/α,β-unsaturated/α-hetero) is 1. The average Bonchev–Trinajstić information content (AvgIpc) is 2.85. The van der Waals surface area contributed by atoms with Gasteiger partial charge >= 0.3 is 6.09 Å². The lowest BCUT2D eigenvalue weighted by atomic mass is 9.31. The first-order chi connectivity index (χ1) is 19.5. The van der Waals surface area contributed by atoms with E-state index < -0.39 is 22.5 Å². The Kier molecular flexibility index (Phi) is 6.92. The summed E-state index contributed by atoms with van der Waals surface area (Å²) in [4.78, 5) is 41.0. The second-order valence-corrected chi connectivity index (χ2v) is 18.1. The molecule has 0 radical (unpaired) electrons. The number of allylic oxidation sites excluding steroid dienone is 4. The second-order valence-electron chi connectivity index (χ2n) is 18.1. The van der Waals surface area contributed by atoms with E-state index in [4.69, 9.17) is 4.74 Å². The molecule has 5 aliphatic rings. The number of carbonyl (C=O) groups is 3. The summed E-state index contributed by atoms with van der Waals surface area (Å²) in [5.74, 6) is -0.0631. The van der Waals surface area contributed by atoms with Gasteiger partial charge in [-0.1, -0.05) is 67.0 Å². The van der Waals surface area contributed by atoms with Gasteiger partial charge in [0.05, 0.1) is 5.57 Å². The van der Waals surface area contributed by atoms with Gasteiger partial charge in [0.25, 0.3) is 0 Å². The van der Waals surface area contributed by atoms with Gasteiger partial charge < -0.3 is 10.1 Å². The van der Waals surface area contributed by atoms with Crippen LogP contribution in [-0.4, -0.2) is 29.8 Å². The van der Waals surface area contributed by atoms with Crippen molar-refractivity contribution in [2.24, 2.45) is 49.7 Å². The fraction of sp³-hybridized carbons (Fsp3) is 0.784. The van der Waals surface area contributed by atoms with Crippen molar-refractivity contribution in [3.63, 3.8) is 0 Å². The molecule has 0 aliphatic heterocycles. The summed E-state index contributed by atoms with van der Waals surface area (Å²) >= 11 is 0. The van der Waals surface area contributed by atoms with Crippen LogP contribution >= 0.6 is 0 Å². The first-order valence-electron chi connectivity index (χ1n) is 16.4. The molecule has 1 N–H and O–H groups in total. The molecule has 3 fully saturated rings. The number of nitriles is 1. The first kappa shape index (κ1) is 32.0. The fourth-order valence-corrected chi connectivity index (χ4v) is 11.5. The summed E-state index contributed by atoms with van der Waals surface area (Å²) in [7, 11) is 0. The van der Waals surface area contributed by atoms with E-state index in [1.54, 1.807) is 0 Å². The van der Waals surface area contributed by atoms with Crippen molar-refractivity contribution in [3.8, 4) is 6.07 Å². The van der Waals surface area contributed by atoms with Crippen molar-refractivity contribution in [1.82, 2.24) is 5.32 Å². The summed E-state index contributed by atoms with van der Waals surface area (Å²) in [6, 6.07) is 2.20. The molecule has 43 heavy (non-hydrogen) atoms. The lowest BCUT2D eigenvalue weighted by Gasteiger charge is -2.72. The Morgan fingerprint density at radius 2 is 1.60 bits per heavy atom. The predicted molar refractivity (Wildman–Crippen MR) is 168 cm³/mol. The number of hydrogen-bond donors (Lipinski definition) is 1. The molecular formula is C37H54N2O4. The molecule has 3 saturated carbocycles. The maximum atomic E-state index is 14.8. The van der Waals surface area contributed by atoms with Gasteiger partial charge in [0.1, 0.15) is 11.7 Å². The smallest absolute Gasteiger partial charge is 0.407 e. The van der Waals surface area contributed by atoms with Crippen LogP contribution in [0.5, 0.6) is 0 Å². The van der Waals surface area contributed by atoms with Crippen molar-refractivity contribution in [2.45, 2.75) is 127 Å². The molecule has 5 rings (SSSR count). The molecule has 0 spiro atoms. The quantitative estimate of drug-likeness (QED) is 0.350. The number of fused-ring (bicyclic) bond motifs is 7. The van der Waals surface area contributed by atoms with E-state index in [2.05, 4.69) is 52.9 Å². The number of ether oxygens (including phenoxy) is 1. The molecule has 0 unspecified atom stereocenters. The van der Waals surface area contributed by atoms with Crippen molar-refractivity contribution in [2.75, 3.05) is 6.54 Å². The van der Waals surface area contributed by atoms with Crippen molar-refractivity contribution in [1.29, 1.82) is 5.26 Å². The first-order valence-corrected chi connectivity index (χ1v) is 16.4. The third-order valence-corrected chi connectivity index (χ3v) is 13.6. The van der Waals surface area contributed by atoms with Crippen molar-refractivity contribution in [3.05, 3.63) is 23.3 Å². The van der Waals surface area contributed by atoms with Crippen molar-refractivity contribution >= 4 is 17.7 Å². The third-order valence-electron chi connectivity index (χ3n) is 13.6. The maximum Gasteiger partial charge on any atom is 0.407 e. The van der Waals surface area contributed by atoms with Crippen LogP contribution < -0.4 is 5.32 Å². The van der Waals surface area contributed by atoms with E-state index >= 15 is 0 Å². The van der Waals surface area contributed by atoms with Gasteiger partial charge in [-0.25, -0.2) is 4.79 Å². The van der Waals surface area contributed by atoms with Crippen LogP contribution in [0, 0.1) is 61.1 Å². The SMILES string of the molecule is CC1(C)CC[C@]2(CNC(=O)OC(C)(C)C)CC[C@]3(C)[C@H](C(=O)C=C4[C@@]5(C)C=C(C#N)C(=O)C(C)(C)[C@@H]5CC[C@]43C)[C@]2(C)C1. The molecular weight excluding hydrogens is 536 g/mol. The molecule has 0 saturated heterocycles. The highest BCUT2D eigenvalue weighted by Gasteiger charge is 2.73. The summed E-state index contributed by atoms with van der Waals surface area (Å²) in [6.45, 7) is 24.0. The molecule has 1 amide bonds. The number of ketones is 2. The molecule has 0 aromatic carbocycles. The van der Waals surface area contributed by atoms with E-state index in [1.165, 1.54) is 0 Å². The van der Waals surface area contributed by atoms with Crippen LogP contribution in [0.25, 0.3) is 0 Å². The Balaban J connectivity index is 1.63. The topological polar surface area (TPSA) is 96.3 Å². The normalized spacial score (nSPS) is 43.0. The molecule has 6 heteroatoms. The summed E-state index contributed by atoms with van der Waals surface area (Å²) in [6.07, 6.45) is 10.0. The summed E-state index contributed by atoms with van der Waals surface area (Å²) < 4.78 is 5.64. The summed E-state index contributed by atoms with van der Waals surface area (Å²) in [5.41, 5.74) is -1.48. The van der Waals surface area contributed by atoms with Gasteiger partial charge in [-0.05, 0) is 105 Å². The molecule has 6 nitrogen and oxygen atoms in total. The highest BCUT2D eigenvalue weighted by molar-refractivity contribution is 6.04. The number of carbonyl (C=O) groups excluding carboxylic acids is 3. The zero-order chi connectivity index (χ0) is 32.2. The van der Waals surface area contributed by atoms with Gasteiger partial charge in [-0.3, -0.25) is 9.59 Å². The van der Waals surface area contributed by atoms with E-state index in [-0.39, 0.29) is 56.1 Å². The largest absolute Gasteiger partial charge is 0.444 e. The lowest BCUT2D eigenvalue weighted by molar-refractivity contribution is -0.205. The van der Waals surface area contributed by atoms with Gasteiger partial charge in [-0.2, -0.15) is 5.26 Å². The van der Waals surface area contributed by atoms with Crippen LogP contribution in [0.15, 0.2) is 23.3 Å². The Morgan fingerprint density at radius 1 is 0.977 bits per heavy atom. The Labute approximate surface area is 259 Å². The van der Waals surface area contributed by atoms with Crippen LogP contribution in [0.1, 0.15) is 121 Å². The number of nitrogens with one attached hydrogen (secondary N) is 1. The van der Waals surface area contributed by atoms with Crippen LogP contribution in [0.3, 0.4) is 0 Å². The highest BCUT2D eigenvalue weighted by atomic mass is 16.6. The minimum Gasteiger partial charge on any atom is -0.444 e. The molecule has 7 atom stereocenters. The third kappa shape index (κ3) is 4.33. The van der Waals surface area contributed by atoms with E-state index in [0.29, 0.717) is 6.54 Å². The molecule has 236 valence electrons. The number of hydrogen-bond acceptors (Lipinski definition) is 5. The van der Waals surface area contributed by atoms with Crippen LogP contribution in [0.4, 0.5) is 4.79 Å². The van der Waals surface area contributed by atoms with E-state index in [1.807, 2.05) is 46.8 Å². The standard InChI is InChI=1S/C37H54N2O4/c1-30(2,3)43-29(42)39-22-37-16-14-31(4,5)21-36(37,11)27-24(40)18-26-33(8)19-23(20-38)28(41)32(6,7)25(33)12-13-34(26,9)35(27,10)15-17-37/h18-19,25,27H,12-17,21-22H2,1-11H3,(H,39,42)/t25-,27-,33-,34+,35+,36-,37+/m0/s1. The number of amides is 1. The summed E-state index contributed by atoms with van der Waals surface area (Å²) in [5, 5.41) is 13.1. The van der Waals surface area contributed by atoms with Gasteiger partial charge in [0.15, 0.2) is 11.6 Å². The lowest BCUT2D eigenvalue weighted by Crippen LogP contribution is -2.69. The second kappa shape index (κ2) is 9.30. The fourth-order valence-electron chi connectivity index (χ4n) is 11.5. The van der Waals surface area contributed by atoms with Crippen molar-refractivity contribution < 1.29 is 19.1 Å². The van der Waals surface area contributed by atoms with Crippen LogP contribution in [0.2, 0.25) is 0 Å². The molecule has 0 aromatic heterocycles. The minimum atomic E-state index is -0.675. The minimum absolute atomic E-state index is 0.0294.